The lowest BCUT2D eigenvalue weighted by Gasteiger charge is -2.18. The minimum Gasteiger partial charge on any atom is -0.326 e. The molecule has 104 valence electrons. The maximum Gasteiger partial charge on any atom is 0.242 e. The van der Waals surface area contributed by atoms with Gasteiger partial charge in [-0.25, -0.2) is 13.1 Å². The van der Waals surface area contributed by atoms with Gasteiger partial charge in [-0.2, -0.15) is 0 Å². The molecule has 0 saturated carbocycles. The van der Waals surface area contributed by atoms with Crippen molar-refractivity contribution in [3.8, 4) is 0 Å². The number of rotatable bonds is 3. The van der Waals surface area contributed by atoms with Crippen molar-refractivity contribution in [2.45, 2.75) is 23.4 Å². The summed E-state index contributed by atoms with van der Waals surface area (Å²) in [5, 5.41) is 0. The highest BCUT2D eigenvalue weighted by Crippen LogP contribution is 2.31. The van der Waals surface area contributed by atoms with Gasteiger partial charge in [-0.05, 0) is 29.7 Å². The number of fused-ring (bicyclic) bond motifs is 1. The normalized spacial score (nSPS) is 21.6. The highest BCUT2D eigenvalue weighted by Gasteiger charge is 2.33. The molecule has 2 unspecified atom stereocenters. The fourth-order valence-corrected chi connectivity index (χ4v) is 3.75. The molecule has 20 heavy (non-hydrogen) atoms. The van der Waals surface area contributed by atoms with Gasteiger partial charge in [0.1, 0.15) is 4.90 Å². The molecule has 1 aromatic heterocycles. The van der Waals surface area contributed by atoms with Gasteiger partial charge in [-0.15, -0.1) is 0 Å². The van der Waals surface area contributed by atoms with Crippen molar-refractivity contribution in [1.82, 2.24) is 9.71 Å². The van der Waals surface area contributed by atoms with Crippen LogP contribution in [0, 0.1) is 0 Å². The van der Waals surface area contributed by atoms with Crippen LogP contribution in [-0.4, -0.2) is 19.4 Å². The summed E-state index contributed by atoms with van der Waals surface area (Å²) in [5.74, 6) is 0. The quantitative estimate of drug-likeness (QED) is 0.882. The second kappa shape index (κ2) is 4.97. The van der Waals surface area contributed by atoms with E-state index in [4.69, 9.17) is 5.73 Å². The lowest BCUT2D eigenvalue weighted by Crippen LogP contribution is -2.38. The molecule has 3 rings (SSSR count). The number of hydrogen-bond acceptors (Lipinski definition) is 4. The van der Waals surface area contributed by atoms with Gasteiger partial charge in [0, 0.05) is 18.4 Å². The van der Waals surface area contributed by atoms with Crippen LogP contribution >= 0.6 is 0 Å². The average Bonchev–Trinajstić information content (AvgIpc) is 2.76. The van der Waals surface area contributed by atoms with E-state index in [0.717, 1.165) is 11.1 Å². The molecule has 1 aliphatic carbocycles. The lowest BCUT2D eigenvalue weighted by molar-refractivity contribution is 0.517. The maximum atomic E-state index is 12.3. The van der Waals surface area contributed by atoms with Crippen LogP contribution in [0.15, 0.2) is 53.7 Å². The first-order valence-electron chi connectivity index (χ1n) is 6.34. The fourth-order valence-electron chi connectivity index (χ4n) is 2.52. The van der Waals surface area contributed by atoms with Crippen LogP contribution in [-0.2, 0) is 16.4 Å². The SMILES string of the molecule is NC1Cc2ccccc2C1NS(=O)(=O)c1cccnc1. The van der Waals surface area contributed by atoms with Crippen LogP contribution in [0.2, 0.25) is 0 Å². The second-order valence-electron chi connectivity index (χ2n) is 4.85. The third-order valence-corrected chi connectivity index (χ3v) is 4.93. The van der Waals surface area contributed by atoms with Crippen molar-refractivity contribution in [1.29, 1.82) is 0 Å². The number of sulfonamides is 1. The number of nitrogens with one attached hydrogen (secondary N) is 1. The van der Waals surface area contributed by atoms with E-state index in [1.165, 1.54) is 18.5 Å². The minimum absolute atomic E-state index is 0.150. The van der Waals surface area contributed by atoms with Crippen molar-refractivity contribution >= 4 is 10.0 Å². The van der Waals surface area contributed by atoms with Gasteiger partial charge in [0.05, 0.1) is 6.04 Å². The Bertz CT molecular complexity index is 716. The molecule has 5 nitrogen and oxygen atoms in total. The van der Waals surface area contributed by atoms with E-state index in [9.17, 15) is 8.42 Å². The Morgan fingerprint density at radius 2 is 2.00 bits per heavy atom. The first-order valence-corrected chi connectivity index (χ1v) is 7.82. The van der Waals surface area contributed by atoms with E-state index >= 15 is 0 Å². The van der Waals surface area contributed by atoms with Crippen LogP contribution in [0.3, 0.4) is 0 Å². The average molecular weight is 289 g/mol. The Hall–Kier alpha value is -1.76. The smallest absolute Gasteiger partial charge is 0.242 e. The summed E-state index contributed by atoms with van der Waals surface area (Å²) < 4.78 is 27.4. The van der Waals surface area contributed by atoms with Crippen LogP contribution < -0.4 is 10.5 Å². The molecule has 2 atom stereocenters. The monoisotopic (exact) mass is 289 g/mol. The first kappa shape index (κ1) is 13.2. The molecule has 1 aliphatic rings. The molecule has 0 spiro atoms. The molecule has 0 aliphatic heterocycles. The summed E-state index contributed by atoms with van der Waals surface area (Å²) in [6, 6.07) is 10.2. The topological polar surface area (TPSA) is 85.1 Å². The van der Waals surface area contributed by atoms with Crippen molar-refractivity contribution in [2.75, 3.05) is 0 Å². The van der Waals surface area contributed by atoms with E-state index in [2.05, 4.69) is 9.71 Å². The Balaban J connectivity index is 1.92. The zero-order valence-corrected chi connectivity index (χ0v) is 11.5. The second-order valence-corrected chi connectivity index (χ2v) is 6.57. The van der Waals surface area contributed by atoms with Crippen molar-refractivity contribution in [3.63, 3.8) is 0 Å². The van der Waals surface area contributed by atoms with Crippen LogP contribution in [0.1, 0.15) is 17.2 Å². The molecule has 0 amide bonds. The van der Waals surface area contributed by atoms with Gasteiger partial charge in [0.25, 0.3) is 0 Å². The molecule has 0 radical (unpaired) electrons. The molecule has 2 aromatic rings. The molecule has 0 fully saturated rings. The molecule has 1 aromatic carbocycles. The number of nitrogens with zero attached hydrogens (tertiary/aromatic N) is 1. The van der Waals surface area contributed by atoms with Crippen LogP contribution in [0.25, 0.3) is 0 Å². The minimum atomic E-state index is -3.61. The predicted molar refractivity (Wildman–Crippen MR) is 75.4 cm³/mol. The van der Waals surface area contributed by atoms with E-state index in [1.807, 2.05) is 24.3 Å². The molecule has 0 bridgehead atoms. The van der Waals surface area contributed by atoms with E-state index in [0.29, 0.717) is 6.42 Å². The molecule has 6 heteroatoms. The van der Waals surface area contributed by atoms with Crippen molar-refractivity contribution < 1.29 is 8.42 Å². The number of benzene rings is 1. The van der Waals surface area contributed by atoms with Gasteiger partial charge in [-0.3, -0.25) is 4.98 Å². The fraction of sp³-hybridized carbons (Fsp3) is 0.214. The van der Waals surface area contributed by atoms with Crippen LogP contribution in [0.4, 0.5) is 0 Å². The van der Waals surface area contributed by atoms with E-state index in [1.54, 1.807) is 6.07 Å². The summed E-state index contributed by atoms with van der Waals surface area (Å²) >= 11 is 0. The predicted octanol–water partition coefficient (Wildman–Crippen LogP) is 0.985. The van der Waals surface area contributed by atoms with Crippen molar-refractivity contribution in [2.24, 2.45) is 5.73 Å². The Kier molecular flexibility index (Phi) is 3.29. The van der Waals surface area contributed by atoms with E-state index in [-0.39, 0.29) is 10.9 Å². The molecule has 1 heterocycles. The third kappa shape index (κ3) is 2.33. The lowest BCUT2D eigenvalue weighted by atomic mass is 10.1. The van der Waals surface area contributed by atoms with Gasteiger partial charge in [-0.1, -0.05) is 24.3 Å². The highest BCUT2D eigenvalue weighted by molar-refractivity contribution is 7.89. The number of aromatic nitrogens is 1. The summed E-state index contributed by atoms with van der Waals surface area (Å²) in [7, 11) is -3.61. The molecule has 3 N–H and O–H groups in total. The van der Waals surface area contributed by atoms with Gasteiger partial charge in [0.2, 0.25) is 10.0 Å². The number of hydrogen-bond donors (Lipinski definition) is 2. The largest absolute Gasteiger partial charge is 0.326 e. The standard InChI is InChI=1S/C14H15N3O2S/c15-13-8-10-4-1-2-6-12(10)14(13)17-20(18,19)11-5-3-7-16-9-11/h1-7,9,13-14,17H,8,15H2. The molecular formula is C14H15N3O2S. The van der Waals surface area contributed by atoms with Crippen LogP contribution in [0.5, 0.6) is 0 Å². The third-order valence-electron chi connectivity index (χ3n) is 3.50. The molecule has 0 saturated heterocycles. The highest BCUT2D eigenvalue weighted by atomic mass is 32.2. The van der Waals surface area contributed by atoms with Crippen molar-refractivity contribution in [3.05, 3.63) is 59.9 Å². The van der Waals surface area contributed by atoms with Gasteiger partial charge < -0.3 is 5.73 Å². The number of nitrogens with two attached hydrogens (primary N) is 1. The van der Waals surface area contributed by atoms with Gasteiger partial charge in [0.15, 0.2) is 0 Å². The summed E-state index contributed by atoms with van der Waals surface area (Å²) in [4.78, 5) is 3.99. The maximum absolute atomic E-state index is 12.3. The summed E-state index contributed by atoms with van der Waals surface area (Å²) in [6.07, 6.45) is 3.54. The summed E-state index contributed by atoms with van der Waals surface area (Å²) in [6.45, 7) is 0. The van der Waals surface area contributed by atoms with Gasteiger partial charge >= 0.3 is 0 Å². The molecular weight excluding hydrogens is 274 g/mol. The Labute approximate surface area is 117 Å². The van der Waals surface area contributed by atoms with E-state index < -0.39 is 16.1 Å². The first-order chi connectivity index (χ1) is 9.58. The number of pyridine rings is 1. The summed E-state index contributed by atoms with van der Waals surface area (Å²) in [5.41, 5.74) is 8.12. The Morgan fingerprint density at radius 1 is 1.20 bits per heavy atom. The zero-order chi connectivity index (χ0) is 14.2. The zero-order valence-electron chi connectivity index (χ0n) is 10.7. The Morgan fingerprint density at radius 3 is 2.75 bits per heavy atom.